The summed E-state index contributed by atoms with van der Waals surface area (Å²) in [5.74, 6) is 0.327. The number of rotatable bonds is 4. The fourth-order valence-corrected chi connectivity index (χ4v) is 2.86. The third-order valence-electron chi connectivity index (χ3n) is 3.57. The van der Waals surface area contributed by atoms with Gasteiger partial charge in [0.05, 0.1) is 10.0 Å². The van der Waals surface area contributed by atoms with Gasteiger partial charge in [0.25, 0.3) is 0 Å². The Labute approximate surface area is 155 Å². The van der Waals surface area contributed by atoms with E-state index in [9.17, 15) is 5.26 Å². The van der Waals surface area contributed by atoms with E-state index in [4.69, 9.17) is 27.7 Å². The second kappa shape index (κ2) is 7.43. The lowest BCUT2D eigenvalue weighted by molar-refractivity contribution is 0.415. The molecule has 0 fully saturated rings. The number of nitrogens with one attached hydrogen (secondary N) is 1. The largest absolute Gasteiger partial charge is 0.362 e. The Morgan fingerprint density at radius 1 is 1.12 bits per heavy atom. The quantitative estimate of drug-likeness (QED) is 0.620. The van der Waals surface area contributed by atoms with Crippen molar-refractivity contribution >= 4 is 35.0 Å². The third kappa shape index (κ3) is 3.69. The highest BCUT2D eigenvalue weighted by molar-refractivity contribution is 6.39. The summed E-state index contributed by atoms with van der Waals surface area (Å²) < 4.78 is 5.29. The van der Waals surface area contributed by atoms with Gasteiger partial charge in [0.2, 0.25) is 0 Å². The van der Waals surface area contributed by atoms with Crippen molar-refractivity contribution in [2.45, 2.75) is 6.92 Å². The van der Waals surface area contributed by atoms with Crippen LogP contribution in [0.25, 0.3) is 17.3 Å². The summed E-state index contributed by atoms with van der Waals surface area (Å²) in [7, 11) is 0. The molecule has 25 heavy (non-hydrogen) atoms. The molecule has 1 aromatic heterocycles. The lowest BCUT2D eigenvalue weighted by Crippen LogP contribution is -1.88. The van der Waals surface area contributed by atoms with Gasteiger partial charge in [-0.3, -0.25) is 0 Å². The van der Waals surface area contributed by atoms with Gasteiger partial charge < -0.3 is 9.84 Å². The normalized spacial score (nSPS) is 10.8. The molecule has 0 aliphatic carbocycles. The molecule has 0 radical (unpaired) electrons. The van der Waals surface area contributed by atoms with Crippen molar-refractivity contribution in [1.82, 2.24) is 5.16 Å². The number of benzene rings is 2. The van der Waals surface area contributed by atoms with Gasteiger partial charge in [-0.05, 0) is 31.2 Å². The second-order valence-electron chi connectivity index (χ2n) is 5.32. The molecule has 0 bridgehead atoms. The minimum absolute atomic E-state index is 0.275. The van der Waals surface area contributed by atoms with E-state index in [0.717, 1.165) is 5.69 Å². The van der Waals surface area contributed by atoms with Crippen molar-refractivity contribution in [3.8, 4) is 17.3 Å². The molecule has 0 spiro atoms. The van der Waals surface area contributed by atoms with Gasteiger partial charge in [0.15, 0.2) is 5.76 Å². The van der Waals surface area contributed by atoms with Crippen LogP contribution in [0.5, 0.6) is 0 Å². The van der Waals surface area contributed by atoms with Gasteiger partial charge in [0, 0.05) is 23.5 Å². The smallest absolute Gasteiger partial charge is 0.179 e. The van der Waals surface area contributed by atoms with Gasteiger partial charge in [0.1, 0.15) is 17.3 Å². The van der Waals surface area contributed by atoms with Crippen LogP contribution >= 0.6 is 23.2 Å². The van der Waals surface area contributed by atoms with Crippen molar-refractivity contribution in [2.75, 3.05) is 5.32 Å². The summed E-state index contributed by atoms with van der Waals surface area (Å²) in [5, 5.41) is 17.4. The zero-order valence-corrected chi connectivity index (χ0v) is 14.8. The molecule has 0 saturated carbocycles. The molecule has 3 rings (SSSR count). The monoisotopic (exact) mass is 369 g/mol. The molecular formula is C19H13Cl2N3O. The fraction of sp³-hybridized carbons (Fsp3) is 0.0526. The van der Waals surface area contributed by atoms with Crippen molar-refractivity contribution in [1.29, 1.82) is 5.26 Å². The zero-order valence-electron chi connectivity index (χ0n) is 13.3. The van der Waals surface area contributed by atoms with E-state index in [1.165, 1.54) is 5.56 Å². The Bertz CT molecular complexity index is 949. The molecule has 4 nitrogen and oxygen atoms in total. The highest BCUT2D eigenvalue weighted by atomic mass is 35.5. The number of aromatic nitrogens is 1. The summed E-state index contributed by atoms with van der Waals surface area (Å²) in [6.07, 6.45) is 3.32. The van der Waals surface area contributed by atoms with Crippen molar-refractivity contribution < 1.29 is 4.52 Å². The first-order valence-corrected chi connectivity index (χ1v) is 8.19. The number of hydrogen-bond acceptors (Lipinski definition) is 4. The third-order valence-corrected chi connectivity index (χ3v) is 4.20. The molecule has 0 saturated heterocycles. The minimum atomic E-state index is 0.275. The molecule has 3 aromatic rings. The molecule has 6 heteroatoms. The molecule has 1 heterocycles. The number of nitriles is 1. The van der Waals surface area contributed by atoms with Gasteiger partial charge in [-0.25, -0.2) is 0 Å². The number of hydrogen-bond donors (Lipinski definition) is 1. The van der Waals surface area contributed by atoms with Gasteiger partial charge >= 0.3 is 0 Å². The van der Waals surface area contributed by atoms with Crippen LogP contribution in [0.2, 0.25) is 10.0 Å². The Morgan fingerprint density at radius 2 is 1.80 bits per heavy atom. The molecular weight excluding hydrogens is 357 g/mol. The summed E-state index contributed by atoms with van der Waals surface area (Å²) in [4.78, 5) is 0. The molecule has 2 aromatic carbocycles. The van der Waals surface area contributed by atoms with Crippen molar-refractivity contribution in [2.24, 2.45) is 0 Å². The first kappa shape index (κ1) is 17.1. The molecule has 0 aliphatic heterocycles. The number of nitrogens with zero attached hydrogens (tertiary/aromatic N) is 2. The van der Waals surface area contributed by atoms with Gasteiger partial charge in [-0.2, -0.15) is 5.26 Å². The van der Waals surface area contributed by atoms with Crippen LogP contribution in [0.4, 0.5) is 5.69 Å². The van der Waals surface area contributed by atoms with E-state index in [2.05, 4.69) is 16.5 Å². The average Bonchev–Trinajstić information content (AvgIpc) is 2.99. The summed E-state index contributed by atoms with van der Waals surface area (Å²) >= 11 is 12.4. The Kier molecular flexibility index (Phi) is 5.08. The lowest BCUT2D eigenvalue weighted by atomic mass is 10.1. The highest BCUT2D eigenvalue weighted by Crippen LogP contribution is 2.36. The summed E-state index contributed by atoms with van der Waals surface area (Å²) in [6.45, 7) is 2.02. The predicted octanol–water partition coefficient (Wildman–Crippen LogP) is 5.91. The molecule has 0 atom stereocenters. The first-order chi connectivity index (χ1) is 12.1. The minimum Gasteiger partial charge on any atom is -0.362 e. The summed E-state index contributed by atoms with van der Waals surface area (Å²) in [5.41, 5.74) is 3.19. The van der Waals surface area contributed by atoms with Crippen LogP contribution in [0.1, 0.15) is 16.9 Å². The molecule has 1 N–H and O–H groups in total. The fourth-order valence-electron chi connectivity index (χ4n) is 2.28. The van der Waals surface area contributed by atoms with Crippen molar-refractivity contribution in [3.63, 3.8) is 0 Å². The van der Waals surface area contributed by atoms with Crippen LogP contribution in [0.3, 0.4) is 0 Å². The number of anilines is 1. The van der Waals surface area contributed by atoms with Crippen molar-refractivity contribution in [3.05, 3.63) is 75.6 Å². The molecule has 0 aliphatic rings. The maximum Gasteiger partial charge on any atom is 0.179 e. The Balaban J connectivity index is 1.89. The number of halogens is 2. The van der Waals surface area contributed by atoms with Crippen LogP contribution in [-0.2, 0) is 0 Å². The SMILES string of the molecule is Cc1ccc(N/C=C/c2onc(-c3c(Cl)cccc3Cl)c2C#N)cc1. The van der Waals surface area contributed by atoms with E-state index in [-0.39, 0.29) is 5.56 Å². The standard InChI is InChI=1S/C19H13Cl2N3O/c1-12-5-7-13(8-6-12)23-10-9-17-14(11-22)19(24-25-17)18-15(20)3-2-4-16(18)21/h2-10,23H,1H3/b10-9+. The maximum absolute atomic E-state index is 9.49. The van der Waals surface area contributed by atoms with E-state index in [0.29, 0.717) is 27.1 Å². The van der Waals surface area contributed by atoms with Crippen LogP contribution in [0, 0.1) is 18.3 Å². The average molecular weight is 370 g/mol. The summed E-state index contributed by atoms with van der Waals surface area (Å²) in [6, 6.07) is 15.1. The van der Waals surface area contributed by atoms with Crippen LogP contribution < -0.4 is 5.32 Å². The topological polar surface area (TPSA) is 61.9 Å². The van der Waals surface area contributed by atoms with E-state index in [1.807, 2.05) is 31.2 Å². The molecule has 124 valence electrons. The van der Waals surface area contributed by atoms with E-state index >= 15 is 0 Å². The second-order valence-corrected chi connectivity index (χ2v) is 6.14. The zero-order chi connectivity index (χ0) is 17.8. The van der Waals surface area contributed by atoms with Gasteiger partial charge in [-0.15, -0.1) is 0 Å². The molecule has 0 amide bonds. The van der Waals surface area contributed by atoms with E-state index in [1.54, 1.807) is 30.5 Å². The Hall–Kier alpha value is -2.74. The Morgan fingerprint density at radius 3 is 2.44 bits per heavy atom. The van der Waals surface area contributed by atoms with Crippen LogP contribution in [-0.4, -0.2) is 5.16 Å². The number of aryl methyl sites for hydroxylation is 1. The van der Waals surface area contributed by atoms with Crippen LogP contribution in [0.15, 0.2) is 53.2 Å². The maximum atomic E-state index is 9.49. The predicted molar refractivity (Wildman–Crippen MR) is 101 cm³/mol. The van der Waals surface area contributed by atoms with E-state index < -0.39 is 0 Å². The first-order valence-electron chi connectivity index (χ1n) is 7.44. The van der Waals surface area contributed by atoms with Gasteiger partial charge in [-0.1, -0.05) is 52.1 Å². The lowest BCUT2D eigenvalue weighted by Gasteiger charge is -2.02. The molecule has 0 unspecified atom stereocenters. The highest BCUT2D eigenvalue weighted by Gasteiger charge is 2.20.